The largest absolute Gasteiger partial charge is 0.493 e. The van der Waals surface area contributed by atoms with E-state index in [4.69, 9.17) is 17.7 Å². The van der Waals surface area contributed by atoms with Crippen LogP contribution in [0.2, 0.25) is 0 Å². The van der Waals surface area contributed by atoms with Crippen molar-refractivity contribution in [3.63, 3.8) is 0 Å². The van der Waals surface area contributed by atoms with E-state index in [2.05, 4.69) is 5.32 Å². The van der Waals surface area contributed by atoms with Gasteiger partial charge in [0.1, 0.15) is 15.7 Å². The zero-order valence-corrected chi connectivity index (χ0v) is 17.6. The number of carbonyl (C=O) groups excluding carboxylic acids is 3. The molecule has 32 heavy (non-hydrogen) atoms. The maximum absolute atomic E-state index is 14.7. The summed E-state index contributed by atoms with van der Waals surface area (Å²) in [4.78, 5) is 38.7. The Hall–Kier alpha value is -3.47. The third kappa shape index (κ3) is 4.28. The Balaban J connectivity index is 2.20. The molecule has 1 aliphatic heterocycles. The first-order chi connectivity index (χ1) is 17.3. The van der Waals surface area contributed by atoms with Crippen LogP contribution in [0.15, 0.2) is 30.3 Å². The van der Waals surface area contributed by atoms with E-state index in [1.165, 1.54) is 0 Å². The van der Waals surface area contributed by atoms with E-state index in [1.807, 2.05) is 0 Å². The molecule has 11 heteroatoms. The summed E-state index contributed by atoms with van der Waals surface area (Å²) in [5.74, 6) is -6.10. The molecule has 0 saturated heterocycles. The zero-order chi connectivity index (χ0) is 28.8. The van der Waals surface area contributed by atoms with Gasteiger partial charge in [-0.1, -0.05) is 6.07 Å². The normalized spacial score (nSPS) is 17.8. The lowest BCUT2D eigenvalue weighted by Crippen LogP contribution is -2.38. The van der Waals surface area contributed by atoms with Gasteiger partial charge in [0.25, 0.3) is 11.8 Å². The second-order valence-electron chi connectivity index (χ2n) is 7.02. The number of sulfone groups is 1. The molecule has 2 aromatic carbocycles. The van der Waals surface area contributed by atoms with Gasteiger partial charge >= 0.3 is 0 Å². The van der Waals surface area contributed by atoms with Crippen molar-refractivity contribution in [2.24, 2.45) is 0 Å². The van der Waals surface area contributed by atoms with Crippen LogP contribution in [0.1, 0.15) is 47.5 Å². The number of ether oxygens (including phenoxy) is 2. The predicted octanol–water partition coefficient (Wildman–Crippen LogP) is 2.18. The summed E-state index contributed by atoms with van der Waals surface area (Å²) < 4.78 is 92.8. The van der Waals surface area contributed by atoms with E-state index >= 15 is 0 Å². The summed E-state index contributed by atoms with van der Waals surface area (Å²) in [5, 5.41) is 2.32. The number of benzene rings is 2. The number of carbonyl (C=O) groups is 3. The molecule has 0 aromatic heterocycles. The van der Waals surface area contributed by atoms with Gasteiger partial charge in [0.15, 0.2) is 11.5 Å². The summed E-state index contributed by atoms with van der Waals surface area (Å²) in [6.45, 7) is 1.12. The Labute approximate surface area is 192 Å². The highest BCUT2D eigenvalue weighted by Crippen LogP contribution is 2.39. The van der Waals surface area contributed by atoms with Crippen molar-refractivity contribution in [2.45, 2.75) is 13.0 Å². The number of amides is 3. The van der Waals surface area contributed by atoms with E-state index in [0.717, 1.165) is 43.5 Å². The SMILES string of the molecule is [2H]C([2H])([2H])Oc1ccc([C@H](CS(C)(=O)=O)N2C(=O)c3c(F)ccc(NC(C)=O)c3C2=O)cc1OC([2H])([2H])[2H]. The maximum atomic E-state index is 14.7. The molecule has 1 N–H and O–H groups in total. The van der Waals surface area contributed by atoms with Crippen molar-refractivity contribution in [3.8, 4) is 11.5 Å². The molecular weight excluding hydrogens is 443 g/mol. The van der Waals surface area contributed by atoms with Crippen LogP contribution in [0.4, 0.5) is 10.1 Å². The first-order valence-corrected chi connectivity index (χ1v) is 11.0. The number of fused-ring (bicyclic) bond motifs is 1. The fraction of sp³-hybridized carbons (Fsp3) is 0.286. The van der Waals surface area contributed by atoms with Gasteiger partial charge in [0, 0.05) is 13.2 Å². The molecule has 9 nitrogen and oxygen atoms in total. The number of imide groups is 1. The third-order valence-corrected chi connectivity index (χ3v) is 5.60. The van der Waals surface area contributed by atoms with Crippen molar-refractivity contribution in [1.82, 2.24) is 4.90 Å². The summed E-state index contributed by atoms with van der Waals surface area (Å²) in [6, 6.07) is 3.28. The van der Waals surface area contributed by atoms with Crippen LogP contribution in [0, 0.1) is 5.82 Å². The quantitative estimate of drug-likeness (QED) is 0.616. The zero-order valence-electron chi connectivity index (χ0n) is 22.8. The lowest BCUT2D eigenvalue weighted by atomic mass is 10.1. The molecule has 0 radical (unpaired) electrons. The van der Waals surface area contributed by atoms with Crippen LogP contribution in [0.25, 0.3) is 0 Å². The van der Waals surface area contributed by atoms with Crippen LogP contribution in [0.5, 0.6) is 11.5 Å². The van der Waals surface area contributed by atoms with Gasteiger partial charge in [-0.25, -0.2) is 12.8 Å². The minimum Gasteiger partial charge on any atom is -0.493 e. The van der Waals surface area contributed by atoms with E-state index in [-0.39, 0.29) is 11.3 Å². The van der Waals surface area contributed by atoms with E-state index < -0.39 is 81.9 Å². The topological polar surface area (TPSA) is 119 Å². The third-order valence-electron chi connectivity index (χ3n) is 4.68. The molecule has 2 aromatic rings. The highest BCUT2D eigenvalue weighted by Gasteiger charge is 2.45. The molecule has 0 unspecified atom stereocenters. The van der Waals surface area contributed by atoms with Crippen LogP contribution in [-0.4, -0.2) is 57.1 Å². The molecule has 0 saturated carbocycles. The number of hydrogen-bond donors (Lipinski definition) is 1. The minimum absolute atomic E-state index is 0.163. The van der Waals surface area contributed by atoms with Gasteiger partial charge in [-0.15, -0.1) is 0 Å². The summed E-state index contributed by atoms with van der Waals surface area (Å²) in [7, 11) is -10.1. The lowest BCUT2D eigenvalue weighted by molar-refractivity contribution is -0.114. The number of rotatable bonds is 7. The molecule has 170 valence electrons. The summed E-state index contributed by atoms with van der Waals surface area (Å²) in [6.07, 6.45) is 0.813. The van der Waals surface area contributed by atoms with Gasteiger partial charge in [0.05, 0.1) is 50.9 Å². The Morgan fingerprint density at radius 1 is 1.12 bits per heavy atom. The first kappa shape index (κ1) is 16.2. The first-order valence-electron chi connectivity index (χ1n) is 11.9. The van der Waals surface area contributed by atoms with Crippen LogP contribution in [-0.2, 0) is 14.6 Å². The fourth-order valence-corrected chi connectivity index (χ4v) is 4.34. The average molecular weight is 471 g/mol. The number of methoxy groups -OCH3 is 2. The Kier molecular flexibility index (Phi) is 4.34. The average Bonchev–Trinajstić information content (AvgIpc) is 2.98. The van der Waals surface area contributed by atoms with E-state index in [1.54, 1.807) is 0 Å². The van der Waals surface area contributed by atoms with Crippen molar-refractivity contribution in [2.75, 3.05) is 31.4 Å². The van der Waals surface area contributed by atoms with Crippen LogP contribution < -0.4 is 14.8 Å². The van der Waals surface area contributed by atoms with Gasteiger partial charge in [0.2, 0.25) is 5.91 Å². The molecule has 0 aliphatic carbocycles. The standard InChI is InChI=1S/C21H21FN2O7S/c1-11(25)23-14-7-6-13(22)18-19(14)21(27)24(20(18)26)15(10-32(4,28)29)12-5-8-16(30-2)17(9-12)31-3/h5-9,15H,10H2,1-4H3,(H,23,25)/t15-/m0/s1/i2D3,3D3. The van der Waals surface area contributed by atoms with E-state index in [0.29, 0.717) is 4.90 Å². The Morgan fingerprint density at radius 2 is 1.78 bits per heavy atom. The van der Waals surface area contributed by atoms with Crippen LogP contribution >= 0.6 is 0 Å². The van der Waals surface area contributed by atoms with Gasteiger partial charge in [-0.05, 0) is 29.8 Å². The smallest absolute Gasteiger partial charge is 0.265 e. The molecule has 1 aliphatic rings. The molecule has 3 rings (SSSR count). The van der Waals surface area contributed by atoms with Crippen molar-refractivity contribution in [1.29, 1.82) is 0 Å². The fourth-order valence-electron chi connectivity index (χ4n) is 3.42. The molecular formula is C21H21FN2O7S. The number of hydrogen-bond acceptors (Lipinski definition) is 7. The number of anilines is 1. The Morgan fingerprint density at radius 3 is 2.41 bits per heavy atom. The predicted molar refractivity (Wildman–Crippen MR) is 113 cm³/mol. The van der Waals surface area contributed by atoms with Crippen molar-refractivity contribution < 1.29 is 44.9 Å². The maximum Gasteiger partial charge on any atom is 0.265 e. The monoisotopic (exact) mass is 470 g/mol. The summed E-state index contributed by atoms with van der Waals surface area (Å²) >= 11 is 0. The van der Waals surface area contributed by atoms with Crippen molar-refractivity contribution in [3.05, 3.63) is 52.8 Å². The summed E-state index contributed by atoms with van der Waals surface area (Å²) in [5.41, 5.74) is -1.53. The van der Waals surface area contributed by atoms with Gasteiger partial charge in [-0.3, -0.25) is 19.3 Å². The molecule has 0 bridgehead atoms. The highest BCUT2D eigenvalue weighted by molar-refractivity contribution is 7.90. The Bertz CT molecular complexity index is 1430. The molecule has 0 fully saturated rings. The molecule has 1 atom stereocenters. The molecule has 3 amide bonds. The second kappa shape index (κ2) is 8.58. The van der Waals surface area contributed by atoms with Crippen molar-refractivity contribution >= 4 is 33.2 Å². The number of nitrogens with one attached hydrogen (secondary N) is 1. The minimum atomic E-state index is -3.95. The van der Waals surface area contributed by atoms with E-state index in [9.17, 15) is 27.2 Å². The lowest BCUT2D eigenvalue weighted by Gasteiger charge is -2.26. The van der Waals surface area contributed by atoms with Crippen LogP contribution in [0.3, 0.4) is 0 Å². The number of nitrogens with zero attached hydrogens (tertiary/aromatic N) is 1. The van der Waals surface area contributed by atoms with Gasteiger partial charge in [-0.2, -0.15) is 0 Å². The highest BCUT2D eigenvalue weighted by atomic mass is 32.2. The molecule has 0 spiro atoms. The molecule has 1 heterocycles. The number of halogens is 1. The van der Waals surface area contributed by atoms with Gasteiger partial charge < -0.3 is 14.8 Å². The second-order valence-corrected chi connectivity index (χ2v) is 9.21.